The highest BCUT2D eigenvalue weighted by Crippen LogP contribution is 2.19. The van der Waals surface area contributed by atoms with Gasteiger partial charge in [-0.25, -0.2) is 24.8 Å². The molecule has 0 aliphatic heterocycles. The zero-order valence-corrected chi connectivity index (χ0v) is 12.3. The van der Waals surface area contributed by atoms with Crippen LogP contribution >= 0.6 is 22.9 Å². The maximum absolute atomic E-state index is 11.8. The number of nitrogens with one attached hydrogen (secondary N) is 1. The highest BCUT2D eigenvalue weighted by Gasteiger charge is 2.24. The van der Waals surface area contributed by atoms with Crippen molar-refractivity contribution >= 4 is 35.0 Å². The minimum absolute atomic E-state index is 0.0106. The highest BCUT2D eigenvalue weighted by molar-refractivity contribution is 7.15. The van der Waals surface area contributed by atoms with Gasteiger partial charge in [0.2, 0.25) is 0 Å². The van der Waals surface area contributed by atoms with E-state index in [1.54, 1.807) is 6.92 Å². The van der Waals surface area contributed by atoms with Gasteiger partial charge in [0.25, 0.3) is 5.96 Å². The van der Waals surface area contributed by atoms with Crippen molar-refractivity contribution in [3.63, 3.8) is 0 Å². The average molecular weight is 322 g/mol. The Labute approximate surface area is 123 Å². The third-order valence-electron chi connectivity index (χ3n) is 1.98. The van der Waals surface area contributed by atoms with Crippen LogP contribution in [0.3, 0.4) is 0 Å². The third kappa shape index (κ3) is 4.63. The van der Waals surface area contributed by atoms with E-state index in [-0.39, 0.29) is 19.1 Å². The Balaban J connectivity index is 3.00. The lowest BCUT2D eigenvalue weighted by atomic mass is 10.5. The van der Waals surface area contributed by atoms with E-state index in [1.807, 2.05) is 0 Å². The lowest BCUT2D eigenvalue weighted by Gasteiger charge is -2.19. The van der Waals surface area contributed by atoms with Gasteiger partial charge in [0, 0.05) is 18.1 Å². The van der Waals surface area contributed by atoms with E-state index in [0.717, 1.165) is 16.2 Å². The molecule has 11 heteroatoms. The number of hydrazone groups is 1. The topological polar surface area (TPSA) is 110 Å². The molecule has 0 aliphatic carbocycles. The predicted octanol–water partition coefficient (Wildman–Crippen LogP) is 1.52. The summed E-state index contributed by atoms with van der Waals surface area (Å²) in [6.07, 6.45) is 0.713. The first-order valence-electron chi connectivity index (χ1n) is 5.43. The van der Waals surface area contributed by atoms with Crippen LogP contribution < -0.4 is 5.32 Å². The molecule has 0 unspecified atom stereocenters. The Morgan fingerprint density at radius 1 is 1.75 bits per heavy atom. The van der Waals surface area contributed by atoms with Crippen LogP contribution in [0.2, 0.25) is 4.47 Å². The van der Waals surface area contributed by atoms with Gasteiger partial charge in [0.1, 0.15) is 5.10 Å². The Morgan fingerprint density at radius 2 is 2.45 bits per heavy atom. The van der Waals surface area contributed by atoms with Crippen LogP contribution in [0.15, 0.2) is 11.3 Å². The molecule has 1 rings (SSSR count). The number of halogens is 1. The van der Waals surface area contributed by atoms with E-state index in [2.05, 4.69) is 15.4 Å². The van der Waals surface area contributed by atoms with Gasteiger partial charge in [0.05, 0.1) is 13.2 Å². The minimum Gasteiger partial charge on any atom is -0.449 e. The molecule has 0 radical (unpaired) electrons. The quantitative estimate of drug-likeness (QED) is 0.389. The van der Waals surface area contributed by atoms with Gasteiger partial charge in [-0.1, -0.05) is 11.6 Å². The Bertz CT molecular complexity index is 520. The molecule has 0 spiro atoms. The summed E-state index contributed by atoms with van der Waals surface area (Å²) >= 11 is 6.85. The van der Waals surface area contributed by atoms with Crippen LogP contribution in [-0.2, 0) is 11.3 Å². The fourth-order valence-electron chi connectivity index (χ4n) is 1.26. The zero-order chi connectivity index (χ0) is 15.1. The van der Waals surface area contributed by atoms with E-state index in [1.165, 1.54) is 13.2 Å². The first-order valence-corrected chi connectivity index (χ1v) is 6.62. The molecule has 1 aromatic rings. The van der Waals surface area contributed by atoms with Gasteiger partial charge in [0.15, 0.2) is 9.50 Å². The number of amides is 1. The molecule has 20 heavy (non-hydrogen) atoms. The minimum atomic E-state index is -0.905. The summed E-state index contributed by atoms with van der Waals surface area (Å²) < 4.78 is 5.15. The van der Waals surface area contributed by atoms with E-state index in [0.29, 0.717) is 9.34 Å². The van der Waals surface area contributed by atoms with Gasteiger partial charge in [-0.15, -0.1) is 11.3 Å². The molecule has 0 atom stereocenters. The standard InChI is InChI=1S/C9H12ClN5O4S/c1-3-19-9(16)14(8(11-2)13-15(17)18)5-6-4-12-7(10)20-6/h4H,3,5H2,1-2H3,(H,11,13). The summed E-state index contributed by atoms with van der Waals surface area (Å²) in [5.74, 6) is -0.238. The normalized spacial score (nSPS) is 11.1. The second kappa shape index (κ2) is 7.60. The second-order valence-electron chi connectivity index (χ2n) is 3.28. The summed E-state index contributed by atoms with van der Waals surface area (Å²) in [4.78, 5) is 27.8. The molecule has 0 fully saturated rings. The molecule has 9 nitrogen and oxygen atoms in total. The fraction of sp³-hybridized carbons (Fsp3) is 0.444. The second-order valence-corrected chi connectivity index (χ2v) is 4.97. The number of carbonyl (C=O) groups is 1. The number of hydrogen-bond donors (Lipinski definition) is 1. The van der Waals surface area contributed by atoms with Crippen molar-refractivity contribution in [1.29, 1.82) is 0 Å². The molecular weight excluding hydrogens is 310 g/mol. The molecule has 1 N–H and O–H groups in total. The molecule has 0 saturated heterocycles. The van der Waals surface area contributed by atoms with Crippen LogP contribution in [0, 0.1) is 10.1 Å². The molecule has 1 amide bonds. The number of carbonyl (C=O) groups excluding carboxylic acids is 1. The first kappa shape index (κ1) is 16.1. The largest absolute Gasteiger partial charge is 0.449 e. The molecule has 1 heterocycles. The van der Waals surface area contributed by atoms with Gasteiger partial charge in [-0.2, -0.15) is 0 Å². The molecule has 110 valence electrons. The number of nitrogens with zero attached hydrogens (tertiary/aromatic N) is 4. The van der Waals surface area contributed by atoms with Gasteiger partial charge in [-0.3, -0.25) is 0 Å². The van der Waals surface area contributed by atoms with Gasteiger partial charge < -0.3 is 10.1 Å². The van der Waals surface area contributed by atoms with Crippen molar-refractivity contribution in [1.82, 2.24) is 15.2 Å². The molecular formula is C9H12ClN5O4S. The van der Waals surface area contributed by atoms with Gasteiger partial charge >= 0.3 is 6.09 Å². The number of aromatic nitrogens is 1. The van der Waals surface area contributed by atoms with Crippen molar-refractivity contribution in [3.05, 3.63) is 25.7 Å². The number of ether oxygens (including phenoxy) is 1. The van der Waals surface area contributed by atoms with E-state index in [4.69, 9.17) is 16.3 Å². The number of rotatable bonds is 4. The van der Waals surface area contributed by atoms with E-state index < -0.39 is 11.1 Å². The van der Waals surface area contributed by atoms with Crippen LogP contribution in [-0.4, -0.2) is 40.6 Å². The van der Waals surface area contributed by atoms with E-state index >= 15 is 0 Å². The first-order chi connectivity index (χ1) is 9.47. The van der Waals surface area contributed by atoms with Crippen molar-refractivity contribution in [3.8, 4) is 0 Å². The highest BCUT2D eigenvalue weighted by atomic mass is 35.5. The molecule has 1 aromatic heterocycles. The zero-order valence-electron chi connectivity index (χ0n) is 10.7. The molecule has 0 bridgehead atoms. The maximum atomic E-state index is 11.8. The smallest absolute Gasteiger partial charge is 0.417 e. The lowest BCUT2D eigenvalue weighted by Crippen LogP contribution is -2.43. The Kier molecular flexibility index (Phi) is 6.12. The van der Waals surface area contributed by atoms with Crippen LogP contribution in [0.5, 0.6) is 0 Å². The number of guanidine groups is 1. The molecule has 0 saturated carbocycles. The number of thiazole rings is 1. The lowest BCUT2D eigenvalue weighted by molar-refractivity contribution is -0.485. The van der Waals surface area contributed by atoms with E-state index in [9.17, 15) is 14.9 Å². The van der Waals surface area contributed by atoms with Crippen LogP contribution in [0.4, 0.5) is 4.79 Å². The number of hydrogen-bond acceptors (Lipinski definition) is 6. The van der Waals surface area contributed by atoms with Crippen molar-refractivity contribution in [2.75, 3.05) is 13.7 Å². The summed E-state index contributed by atoms with van der Waals surface area (Å²) in [6.45, 7) is 1.77. The van der Waals surface area contributed by atoms with Crippen LogP contribution in [0.1, 0.15) is 11.8 Å². The Hall–Kier alpha value is -1.94. The molecule has 0 aromatic carbocycles. The summed E-state index contributed by atoms with van der Waals surface area (Å²) in [5, 5.41) is 15.2. The average Bonchev–Trinajstić information content (AvgIpc) is 2.79. The van der Waals surface area contributed by atoms with Gasteiger partial charge in [-0.05, 0) is 6.92 Å². The van der Waals surface area contributed by atoms with Crippen molar-refractivity contribution in [2.24, 2.45) is 5.10 Å². The van der Waals surface area contributed by atoms with Crippen molar-refractivity contribution < 1.29 is 14.6 Å². The number of nitro groups is 1. The predicted molar refractivity (Wildman–Crippen MR) is 73.2 cm³/mol. The monoisotopic (exact) mass is 321 g/mol. The summed E-state index contributed by atoms with van der Waals surface area (Å²) in [6, 6.07) is 0. The fourth-order valence-corrected chi connectivity index (χ4v) is 2.22. The van der Waals surface area contributed by atoms with Crippen molar-refractivity contribution in [2.45, 2.75) is 13.5 Å². The summed E-state index contributed by atoms with van der Waals surface area (Å²) in [5.41, 5.74) is 0. The SMILES string of the molecule is CCOC(=O)N(Cc1cnc(Cl)s1)C(=N[N+](=O)[O-])NC. The summed E-state index contributed by atoms with van der Waals surface area (Å²) in [7, 11) is 1.41. The third-order valence-corrected chi connectivity index (χ3v) is 3.08. The maximum Gasteiger partial charge on any atom is 0.417 e. The van der Waals surface area contributed by atoms with Crippen LogP contribution in [0.25, 0.3) is 0 Å². The molecule has 0 aliphatic rings. The Morgan fingerprint density at radius 3 is 2.90 bits per heavy atom.